The van der Waals surface area contributed by atoms with E-state index in [1.165, 1.54) is 10.4 Å². The van der Waals surface area contributed by atoms with Gasteiger partial charge >= 0.3 is 0 Å². The first-order valence-electron chi connectivity index (χ1n) is 8.38. The van der Waals surface area contributed by atoms with E-state index in [1.54, 1.807) is 29.4 Å². The number of fused-ring (bicyclic) bond motifs is 3. The van der Waals surface area contributed by atoms with Crippen LogP contribution in [-0.2, 0) is 24.3 Å². The van der Waals surface area contributed by atoms with Crippen LogP contribution in [0.4, 0.5) is 5.82 Å². The summed E-state index contributed by atoms with van der Waals surface area (Å²) in [6, 6.07) is 3.86. The molecule has 1 aliphatic heterocycles. The molecule has 25 heavy (non-hydrogen) atoms. The number of ether oxygens (including phenoxy) is 1. The van der Waals surface area contributed by atoms with Crippen LogP contribution in [-0.4, -0.2) is 21.8 Å². The van der Waals surface area contributed by atoms with Crippen molar-refractivity contribution in [1.82, 2.24) is 9.97 Å². The number of hydrogen-bond acceptors (Lipinski definition) is 7. The minimum atomic E-state index is -0.114. The van der Waals surface area contributed by atoms with Gasteiger partial charge in [0.25, 0.3) is 0 Å². The van der Waals surface area contributed by atoms with Crippen LogP contribution in [0.15, 0.2) is 28.0 Å². The maximum atomic E-state index is 6.11. The van der Waals surface area contributed by atoms with E-state index in [2.05, 4.69) is 19.2 Å². The summed E-state index contributed by atoms with van der Waals surface area (Å²) < 4.78 is 11.5. The standard InChI is InChI=1S/C18H21N3O2S2/c1-4-18(2)8-12-13(10-23-18)25-16-14(12)15(20-17(21-16)24-3)19-9-11-6-5-7-22-11/h5-7H,4,8-10H2,1-3H3,(H,19,20,21). The normalized spacial score (nSPS) is 20.0. The molecule has 3 aromatic rings. The molecule has 0 radical (unpaired) electrons. The molecule has 3 aromatic heterocycles. The first-order valence-corrected chi connectivity index (χ1v) is 10.4. The summed E-state index contributed by atoms with van der Waals surface area (Å²) in [5.74, 6) is 1.78. The Morgan fingerprint density at radius 1 is 1.40 bits per heavy atom. The van der Waals surface area contributed by atoms with Gasteiger partial charge in [0.15, 0.2) is 5.16 Å². The highest BCUT2D eigenvalue weighted by Gasteiger charge is 2.33. The molecule has 1 unspecified atom stereocenters. The fourth-order valence-electron chi connectivity index (χ4n) is 3.08. The topological polar surface area (TPSA) is 60.2 Å². The van der Waals surface area contributed by atoms with Crippen molar-refractivity contribution in [2.45, 2.75) is 50.6 Å². The first-order chi connectivity index (χ1) is 12.1. The quantitative estimate of drug-likeness (QED) is 0.508. The van der Waals surface area contributed by atoms with Crippen LogP contribution in [0.5, 0.6) is 0 Å². The highest BCUT2D eigenvalue weighted by Crippen LogP contribution is 2.42. The second kappa shape index (κ2) is 6.63. The summed E-state index contributed by atoms with van der Waals surface area (Å²) in [5.41, 5.74) is 1.22. The van der Waals surface area contributed by atoms with E-state index in [4.69, 9.17) is 19.1 Å². The summed E-state index contributed by atoms with van der Waals surface area (Å²) in [6.07, 6.45) is 5.58. The molecule has 4 rings (SSSR count). The average Bonchev–Trinajstić information content (AvgIpc) is 3.26. The molecule has 132 valence electrons. The Morgan fingerprint density at radius 3 is 3.00 bits per heavy atom. The molecule has 0 saturated heterocycles. The Morgan fingerprint density at radius 2 is 2.28 bits per heavy atom. The van der Waals surface area contributed by atoms with E-state index < -0.39 is 0 Å². The van der Waals surface area contributed by atoms with Crippen LogP contribution >= 0.6 is 23.1 Å². The molecule has 0 spiro atoms. The number of rotatable bonds is 5. The molecule has 0 aliphatic carbocycles. The summed E-state index contributed by atoms with van der Waals surface area (Å²) in [7, 11) is 0. The summed E-state index contributed by atoms with van der Waals surface area (Å²) >= 11 is 3.29. The second-order valence-corrected chi connectivity index (χ2v) is 8.30. The van der Waals surface area contributed by atoms with Crippen LogP contribution < -0.4 is 5.32 Å². The van der Waals surface area contributed by atoms with Gasteiger partial charge in [0, 0.05) is 11.3 Å². The van der Waals surface area contributed by atoms with Gasteiger partial charge in [-0.05, 0) is 37.3 Å². The number of furan rings is 1. The van der Waals surface area contributed by atoms with Gasteiger partial charge in [-0.15, -0.1) is 11.3 Å². The number of thiophene rings is 1. The summed E-state index contributed by atoms with van der Waals surface area (Å²) in [4.78, 5) is 11.8. The number of anilines is 1. The van der Waals surface area contributed by atoms with Gasteiger partial charge < -0.3 is 14.5 Å². The number of hydrogen-bond donors (Lipinski definition) is 1. The third kappa shape index (κ3) is 3.16. The van der Waals surface area contributed by atoms with Crippen molar-refractivity contribution in [1.29, 1.82) is 0 Å². The molecular weight excluding hydrogens is 354 g/mol. The molecular formula is C18H21N3O2S2. The van der Waals surface area contributed by atoms with Gasteiger partial charge in [0.2, 0.25) is 0 Å². The SMILES string of the molecule is CCC1(C)Cc2c(sc3nc(SC)nc(NCc4ccco4)c23)CO1. The van der Waals surface area contributed by atoms with Crippen molar-refractivity contribution in [2.24, 2.45) is 0 Å². The van der Waals surface area contributed by atoms with Crippen LogP contribution in [0, 0.1) is 0 Å². The fourth-order valence-corrected chi connectivity index (χ4v) is 4.61. The van der Waals surface area contributed by atoms with Crippen LogP contribution in [0.1, 0.15) is 36.5 Å². The number of aromatic nitrogens is 2. The minimum Gasteiger partial charge on any atom is -0.467 e. The Hall–Kier alpha value is -1.57. The van der Waals surface area contributed by atoms with Crippen LogP contribution in [0.2, 0.25) is 0 Å². The van der Waals surface area contributed by atoms with Crippen LogP contribution in [0.25, 0.3) is 10.2 Å². The van der Waals surface area contributed by atoms with E-state index in [1.807, 2.05) is 18.4 Å². The van der Waals surface area contributed by atoms with Crippen molar-refractivity contribution in [2.75, 3.05) is 11.6 Å². The molecule has 5 nitrogen and oxygen atoms in total. The van der Waals surface area contributed by atoms with E-state index in [-0.39, 0.29) is 5.60 Å². The molecule has 4 heterocycles. The first kappa shape index (κ1) is 16.9. The van der Waals surface area contributed by atoms with Crippen molar-refractivity contribution >= 4 is 39.1 Å². The third-order valence-corrected chi connectivity index (χ3v) is 6.40. The molecule has 7 heteroatoms. The summed E-state index contributed by atoms with van der Waals surface area (Å²) in [5, 5.41) is 5.38. The van der Waals surface area contributed by atoms with Gasteiger partial charge in [-0.3, -0.25) is 0 Å². The Balaban J connectivity index is 1.78. The lowest BCUT2D eigenvalue weighted by molar-refractivity contribution is -0.0542. The van der Waals surface area contributed by atoms with Gasteiger partial charge in [0.05, 0.1) is 30.4 Å². The maximum Gasteiger partial charge on any atom is 0.190 e. The predicted molar refractivity (Wildman–Crippen MR) is 102 cm³/mol. The summed E-state index contributed by atoms with van der Waals surface area (Å²) in [6.45, 7) is 5.64. The Bertz CT molecular complexity index is 891. The maximum absolute atomic E-state index is 6.11. The van der Waals surface area contributed by atoms with Crippen molar-refractivity contribution in [3.05, 3.63) is 34.6 Å². The predicted octanol–water partition coefficient (Wildman–Crippen LogP) is 4.86. The van der Waals surface area contributed by atoms with Gasteiger partial charge in [-0.2, -0.15) is 0 Å². The van der Waals surface area contributed by atoms with Crippen LogP contribution in [0.3, 0.4) is 0 Å². The van der Waals surface area contributed by atoms with Crippen molar-refractivity contribution in [3.8, 4) is 0 Å². The van der Waals surface area contributed by atoms with E-state index in [9.17, 15) is 0 Å². The molecule has 1 aliphatic rings. The molecule has 0 bridgehead atoms. The molecule has 0 fully saturated rings. The Kier molecular flexibility index (Phi) is 4.47. The zero-order chi connectivity index (χ0) is 17.4. The smallest absolute Gasteiger partial charge is 0.190 e. The largest absolute Gasteiger partial charge is 0.467 e. The average molecular weight is 376 g/mol. The lowest BCUT2D eigenvalue weighted by Crippen LogP contribution is -2.33. The third-order valence-electron chi connectivity index (χ3n) is 4.76. The lowest BCUT2D eigenvalue weighted by Gasteiger charge is -2.33. The lowest BCUT2D eigenvalue weighted by atomic mass is 9.90. The second-order valence-electron chi connectivity index (χ2n) is 6.44. The number of nitrogens with one attached hydrogen (secondary N) is 1. The van der Waals surface area contributed by atoms with Gasteiger partial charge in [0.1, 0.15) is 16.4 Å². The zero-order valence-electron chi connectivity index (χ0n) is 14.6. The highest BCUT2D eigenvalue weighted by molar-refractivity contribution is 7.98. The van der Waals surface area contributed by atoms with Gasteiger partial charge in [-0.1, -0.05) is 18.7 Å². The van der Waals surface area contributed by atoms with Crippen molar-refractivity contribution in [3.63, 3.8) is 0 Å². The molecule has 1 N–H and O–H groups in total. The molecule has 0 saturated carbocycles. The molecule has 1 atom stereocenters. The van der Waals surface area contributed by atoms with Crippen molar-refractivity contribution < 1.29 is 9.15 Å². The number of thioether (sulfide) groups is 1. The monoisotopic (exact) mass is 375 g/mol. The molecule has 0 amide bonds. The minimum absolute atomic E-state index is 0.114. The highest BCUT2D eigenvalue weighted by atomic mass is 32.2. The Labute approximate surface area is 155 Å². The van der Waals surface area contributed by atoms with E-state index in [0.29, 0.717) is 13.2 Å². The number of nitrogens with zero attached hydrogens (tertiary/aromatic N) is 2. The van der Waals surface area contributed by atoms with Gasteiger partial charge in [-0.25, -0.2) is 9.97 Å². The zero-order valence-corrected chi connectivity index (χ0v) is 16.2. The van der Waals surface area contributed by atoms with E-state index >= 15 is 0 Å². The fraction of sp³-hybridized carbons (Fsp3) is 0.444. The molecule has 0 aromatic carbocycles. The van der Waals surface area contributed by atoms with E-state index in [0.717, 1.165) is 39.8 Å².